The Hall–Kier alpha value is -2.08. The molecule has 0 saturated heterocycles. The zero-order valence-electron chi connectivity index (χ0n) is 29.8. The average Bonchev–Trinajstić information content (AvgIpc) is 3.67. The molecule has 0 fully saturated rings. The molecule has 0 nitrogen and oxygen atoms in total. The average molecular weight is 591 g/mol. The van der Waals surface area contributed by atoms with Crippen LogP contribution in [0.1, 0.15) is 190 Å². The first-order chi connectivity index (χ1) is 21.3. The van der Waals surface area contributed by atoms with Gasteiger partial charge in [-0.15, -0.1) is 0 Å². The van der Waals surface area contributed by atoms with Crippen LogP contribution in [0, 0.1) is 0 Å². The Balaban J connectivity index is 1.32. The predicted octanol–water partition coefficient (Wildman–Crippen LogP) is 12.9. The van der Waals surface area contributed by atoms with Crippen molar-refractivity contribution in [2.24, 2.45) is 0 Å². The highest BCUT2D eigenvalue weighted by atomic mass is 14.5. The van der Waals surface area contributed by atoms with Gasteiger partial charge in [0, 0.05) is 0 Å². The van der Waals surface area contributed by atoms with Gasteiger partial charge in [-0.2, -0.15) is 0 Å². The molecule has 2 aromatic rings. The van der Waals surface area contributed by atoms with Gasteiger partial charge in [0.05, 0.1) is 0 Å². The molecule has 0 bridgehead atoms. The molecular formula is C44H62. The van der Waals surface area contributed by atoms with Gasteiger partial charge in [-0.25, -0.2) is 0 Å². The molecule has 238 valence electrons. The Morgan fingerprint density at radius 2 is 0.682 bits per heavy atom. The van der Waals surface area contributed by atoms with Crippen LogP contribution >= 0.6 is 0 Å². The maximum Gasteiger partial charge on any atom is -0.00487 e. The van der Waals surface area contributed by atoms with Gasteiger partial charge in [-0.1, -0.05) is 91.8 Å². The Kier molecular flexibility index (Phi) is 8.65. The number of fused-ring (bicyclic) bond motifs is 4. The summed E-state index contributed by atoms with van der Waals surface area (Å²) in [7, 11) is 0. The molecule has 0 unspecified atom stereocenters. The normalized spacial score (nSPS) is 21.6. The topological polar surface area (TPSA) is 0 Å². The Morgan fingerprint density at radius 1 is 0.409 bits per heavy atom. The molecule has 6 rings (SSSR count). The Morgan fingerprint density at radius 3 is 0.955 bits per heavy atom. The van der Waals surface area contributed by atoms with Gasteiger partial charge in [-0.05, 0) is 180 Å². The van der Waals surface area contributed by atoms with Gasteiger partial charge in [-0.3, -0.25) is 0 Å². The lowest BCUT2D eigenvalue weighted by Gasteiger charge is -2.48. The number of hydrogen-bond donors (Lipinski definition) is 0. The van der Waals surface area contributed by atoms with Crippen LogP contribution in [0.5, 0.6) is 0 Å². The highest BCUT2D eigenvalue weighted by Gasteiger charge is 2.46. The number of benzene rings is 2. The zero-order valence-corrected chi connectivity index (χ0v) is 29.8. The van der Waals surface area contributed by atoms with Crippen LogP contribution in [0.25, 0.3) is 11.1 Å². The van der Waals surface area contributed by atoms with Crippen LogP contribution < -0.4 is 0 Å². The first-order valence-electron chi connectivity index (χ1n) is 19.0. The lowest BCUT2D eigenvalue weighted by molar-refractivity contribution is 0.239. The van der Waals surface area contributed by atoms with E-state index in [1.54, 1.807) is 55.7 Å². The van der Waals surface area contributed by atoms with Gasteiger partial charge in [0.25, 0.3) is 0 Å². The summed E-state index contributed by atoms with van der Waals surface area (Å²) < 4.78 is 0. The first-order valence-corrected chi connectivity index (χ1v) is 19.0. The Labute approximate surface area is 271 Å². The third kappa shape index (κ3) is 4.58. The van der Waals surface area contributed by atoms with Gasteiger partial charge >= 0.3 is 0 Å². The van der Waals surface area contributed by atoms with Crippen molar-refractivity contribution in [1.29, 1.82) is 0 Å². The monoisotopic (exact) mass is 590 g/mol. The van der Waals surface area contributed by atoms with Crippen LogP contribution in [0.3, 0.4) is 0 Å². The molecule has 2 aromatic carbocycles. The molecule has 0 N–H and O–H groups in total. The van der Waals surface area contributed by atoms with Crippen LogP contribution in [0.4, 0.5) is 0 Å². The predicted molar refractivity (Wildman–Crippen MR) is 193 cm³/mol. The summed E-state index contributed by atoms with van der Waals surface area (Å²) in [5, 5.41) is 0. The van der Waals surface area contributed by atoms with Gasteiger partial charge in [0.15, 0.2) is 0 Å². The summed E-state index contributed by atoms with van der Waals surface area (Å²) in [5.74, 6) is 0. The molecule has 44 heavy (non-hydrogen) atoms. The summed E-state index contributed by atoms with van der Waals surface area (Å²) in [6, 6.07) is 10.8. The van der Waals surface area contributed by atoms with Crippen LogP contribution in [-0.2, 0) is 34.5 Å². The maximum atomic E-state index is 2.72. The minimum Gasteiger partial charge on any atom is -0.0763 e. The zero-order chi connectivity index (χ0) is 31.3. The number of hydrogen-bond acceptors (Lipinski definition) is 0. The molecule has 0 heteroatoms. The summed E-state index contributed by atoms with van der Waals surface area (Å²) in [5.41, 5.74) is 18.0. The summed E-state index contributed by atoms with van der Waals surface area (Å²) in [6.45, 7) is 19.5. The minimum atomic E-state index is 0.356. The van der Waals surface area contributed by atoms with E-state index >= 15 is 0 Å². The lowest BCUT2D eigenvalue weighted by Crippen LogP contribution is -2.40. The molecule has 0 aliphatic heterocycles. The van der Waals surface area contributed by atoms with Crippen molar-refractivity contribution in [2.45, 2.75) is 180 Å². The van der Waals surface area contributed by atoms with E-state index in [1.165, 1.54) is 89.9 Å². The number of rotatable bonds is 11. The van der Waals surface area contributed by atoms with E-state index < -0.39 is 0 Å². The van der Waals surface area contributed by atoms with Crippen molar-refractivity contribution >= 4 is 11.1 Å². The fourth-order valence-corrected chi connectivity index (χ4v) is 10.8. The maximum absolute atomic E-state index is 2.72. The molecule has 4 aliphatic rings. The third-order valence-electron chi connectivity index (χ3n) is 14.8. The van der Waals surface area contributed by atoms with Crippen molar-refractivity contribution in [1.82, 2.24) is 0 Å². The molecule has 0 atom stereocenters. The molecule has 0 spiro atoms. The first kappa shape index (κ1) is 31.9. The molecule has 0 saturated carbocycles. The quantitative estimate of drug-likeness (QED) is 0.244. The van der Waals surface area contributed by atoms with Crippen molar-refractivity contribution in [3.8, 4) is 0 Å². The van der Waals surface area contributed by atoms with Crippen molar-refractivity contribution < 1.29 is 0 Å². The molecule has 4 aliphatic carbocycles. The molecule has 0 aromatic heterocycles. The minimum absolute atomic E-state index is 0.356. The number of allylic oxidation sites excluding steroid dienone is 4. The lowest BCUT2D eigenvalue weighted by atomic mass is 9.56. The van der Waals surface area contributed by atoms with E-state index in [0.29, 0.717) is 21.7 Å². The largest absolute Gasteiger partial charge is 0.0763 e. The summed E-state index contributed by atoms with van der Waals surface area (Å²) in [4.78, 5) is 0. The highest BCUT2D eigenvalue weighted by Crippen LogP contribution is 2.56. The fourth-order valence-electron chi connectivity index (χ4n) is 10.8. The SMILES string of the molecule is CCC1(CC)CCC(CC)(CC)c2cc3c(cc21)CC=C3CCC1=CCc2cc3c(cc21)C(CC)(CC)CCC3(CC)CC. The molecular weight excluding hydrogens is 528 g/mol. The fraction of sp³-hybridized carbons (Fsp3) is 0.636. The smallest absolute Gasteiger partial charge is 0.00487 e. The van der Waals surface area contributed by atoms with Crippen LogP contribution in [0.2, 0.25) is 0 Å². The standard InChI is InChI=1S/C44H62/c1-9-41(10-2)23-25-43(13-5,14-6)39-29-35-31(19-21-33(35)27-37(39)41)17-18-32-20-22-34-28-38-40(30-36(32)34)44(15-7,16-8)26-24-42(38,11-3)12-4/h19-20,27-30H,9-18,21-26H2,1-8H3. The second kappa shape index (κ2) is 11.9. The molecule has 0 radical (unpaired) electrons. The van der Waals surface area contributed by atoms with Gasteiger partial charge in [0.2, 0.25) is 0 Å². The summed E-state index contributed by atoms with van der Waals surface area (Å²) in [6.07, 6.45) is 25.4. The van der Waals surface area contributed by atoms with Crippen LogP contribution in [-0.4, -0.2) is 0 Å². The van der Waals surface area contributed by atoms with E-state index in [9.17, 15) is 0 Å². The van der Waals surface area contributed by atoms with E-state index in [1.807, 2.05) is 0 Å². The molecule has 0 heterocycles. The second-order valence-electron chi connectivity index (χ2n) is 15.4. The summed E-state index contributed by atoms with van der Waals surface area (Å²) >= 11 is 0. The van der Waals surface area contributed by atoms with Gasteiger partial charge < -0.3 is 0 Å². The van der Waals surface area contributed by atoms with E-state index in [4.69, 9.17) is 0 Å². The van der Waals surface area contributed by atoms with Gasteiger partial charge in [0.1, 0.15) is 0 Å². The van der Waals surface area contributed by atoms with Crippen molar-refractivity contribution in [3.05, 3.63) is 80.9 Å². The van der Waals surface area contributed by atoms with Crippen molar-refractivity contribution in [3.63, 3.8) is 0 Å². The van der Waals surface area contributed by atoms with E-state index in [-0.39, 0.29) is 0 Å². The third-order valence-corrected chi connectivity index (χ3v) is 14.8. The molecule has 0 amide bonds. The Bertz CT molecular complexity index is 1330. The van der Waals surface area contributed by atoms with E-state index in [2.05, 4.69) is 91.8 Å². The van der Waals surface area contributed by atoms with Crippen LogP contribution in [0.15, 0.2) is 36.4 Å². The highest BCUT2D eigenvalue weighted by molar-refractivity contribution is 5.79. The van der Waals surface area contributed by atoms with E-state index in [0.717, 1.165) is 12.8 Å². The second-order valence-corrected chi connectivity index (χ2v) is 15.4. The van der Waals surface area contributed by atoms with Crippen molar-refractivity contribution in [2.75, 3.05) is 0 Å².